The average Bonchev–Trinajstić information content (AvgIpc) is 2.45. The lowest BCUT2D eigenvalue weighted by Crippen LogP contribution is -2.14. The second kappa shape index (κ2) is 1.92. The van der Waals surface area contributed by atoms with Crippen molar-refractivity contribution in [1.82, 2.24) is 4.98 Å². The van der Waals surface area contributed by atoms with Gasteiger partial charge in [0.2, 0.25) is 11.6 Å². The predicted molar refractivity (Wildman–Crippen MR) is 39.2 cm³/mol. The van der Waals surface area contributed by atoms with E-state index in [4.69, 9.17) is 0 Å². The number of nitrogens with one attached hydrogen (secondary N) is 1. The maximum atomic E-state index is 11.1. The molecule has 54 valence electrons. The van der Waals surface area contributed by atoms with Crippen LogP contribution in [-0.4, -0.2) is 16.6 Å². The molecule has 1 aromatic rings. The van der Waals surface area contributed by atoms with E-state index in [1.54, 1.807) is 18.3 Å². The number of ketones is 2. The lowest BCUT2D eigenvalue weighted by atomic mass is 10.0. The minimum Gasteiger partial charge on any atom is -0.361 e. The first-order valence-electron chi connectivity index (χ1n) is 3.23. The molecule has 3 heteroatoms. The molecule has 11 heavy (non-hydrogen) atoms. The fourth-order valence-electron chi connectivity index (χ4n) is 1.09. The van der Waals surface area contributed by atoms with Crippen LogP contribution in [0.3, 0.4) is 0 Å². The molecule has 0 unspecified atom stereocenters. The molecule has 1 N–H and O–H groups in total. The molecule has 0 spiro atoms. The quantitative estimate of drug-likeness (QED) is 0.551. The first kappa shape index (κ1) is 6.09. The SMILES string of the molecule is O=C1C=Cc2[nH]ccc2C1=O. The van der Waals surface area contributed by atoms with Crippen molar-refractivity contribution in [3.8, 4) is 0 Å². The van der Waals surface area contributed by atoms with Crippen LogP contribution in [0.25, 0.3) is 6.08 Å². The highest BCUT2D eigenvalue weighted by Gasteiger charge is 2.20. The number of hydrogen-bond acceptors (Lipinski definition) is 2. The summed E-state index contributed by atoms with van der Waals surface area (Å²) in [5.74, 6) is -0.874. The van der Waals surface area contributed by atoms with E-state index < -0.39 is 11.6 Å². The minimum atomic E-state index is -0.447. The number of rotatable bonds is 0. The molecule has 0 aliphatic heterocycles. The molecule has 1 aromatic heterocycles. The van der Waals surface area contributed by atoms with Gasteiger partial charge in [-0.1, -0.05) is 0 Å². The normalized spacial score (nSPS) is 15.3. The molecular weight excluding hydrogens is 142 g/mol. The molecule has 3 nitrogen and oxygen atoms in total. The Labute approximate surface area is 62.7 Å². The highest BCUT2D eigenvalue weighted by molar-refractivity contribution is 6.49. The summed E-state index contributed by atoms with van der Waals surface area (Å²) < 4.78 is 0. The van der Waals surface area contributed by atoms with Crippen LogP contribution < -0.4 is 0 Å². The Morgan fingerprint density at radius 2 is 2.00 bits per heavy atom. The Balaban J connectivity index is 2.66. The van der Waals surface area contributed by atoms with E-state index in [0.717, 1.165) is 5.69 Å². The summed E-state index contributed by atoms with van der Waals surface area (Å²) in [5.41, 5.74) is 1.19. The summed E-state index contributed by atoms with van der Waals surface area (Å²) in [7, 11) is 0. The van der Waals surface area contributed by atoms with Crippen LogP contribution >= 0.6 is 0 Å². The van der Waals surface area contributed by atoms with Gasteiger partial charge in [0.1, 0.15) is 0 Å². The van der Waals surface area contributed by atoms with Crippen molar-refractivity contribution in [3.63, 3.8) is 0 Å². The summed E-state index contributed by atoms with van der Waals surface area (Å²) in [4.78, 5) is 24.7. The maximum absolute atomic E-state index is 11.1. The fraction of sp³-hybridized carbons (Fsp3) is 0. The van der Waals surface area contributed by atoms with Gasteiger partial charge in [0.15, 0.2) is 0 Å². The van der Waals surface area contributed by atoms with E-state index in [1.165, 1.54) is 6.08 Å². The number of fused-ring (bicyclic) bond motifs is 1. The van der Waals surface area contributed by atoms with E-state index in [1.807, 2.05) is 0 Å². The maximum Gasteiger partial charge on any atom is 0.235 e. The van der Waals surface area contributed by atoms with Crippen molar-refractivity contribution in [2.45, 2.75) is 0 Å². The van der Waals surface area contributed by atoms with Gasteiger partial charge in [-0.2, -0.15) is 0 Å². The van der Waals surface area contributed by atoms with Gasteiger partial charge in [-0.25, -0.2) is 0 Å². The summed E-state index contributed by atoms with van der Waals surface area (Å²) in [6.45, 7) is 0. The van der Waals surface area contributed by atoms with Gasteiger partial charge in [-0.3, -0.25) is 9.59 Å². The molecule has 2 rings (SSSR count). The van der Waals surface area contributed by atoms with Crippen molar-refractivity contribution in [3.05, 3.63) is 29.6 Å². The number of Topliss-reactive ketones (excluding diaryl/α,β-unsaturated/α-hetero) is 1. The number of aromatic amines is 1. The van der Waals surface area contributed by atoms with Gasteiger partial charge in [0.25, 0.3) is 0 Å². The standard InChI is InChI=1S/C8H5NO2/c10-7-2-1-6-5(8(7)11)3-4-9-6/h1-4,9H. The predicted octanol–water partition coefficient (Wildman–Crippen LogP) is 0.793. The van der Waals surface area contributed by atoms with Gasteiger partial charge >= 0.3 is 0 Å². The van der Waals surface area contributed by atoms with Crippen molar-refractivity contribution < 1.29 is 9.59 Å². The van der Waals surface area contributed by atoms with Crippen LogP contribution in [0.15, 0.2) is 18.3 Å². The Kier molecular flexibility index (Phi) is 1.06. The summed E-state index contributed by atoms with van der Waals surface area (Å²) in [6, 6.07) is 1.61. The number of H-pyrrole nitrogens is 1. The van der Waals surface area contributed by atoms with Crippen molar-refractivity contribution >= 4 is 17.6 Å². The molecule has 1 heterocycles. The van der Waals surface area contributed by atoms with Gasteiger partial charge in [-0.15, -0.1) is 0 Å². The first-order valence-corrected chi connectivity index (χ1v) is 3.23. The lowest BCUT2D eigenvalue weighted by molar-refractivity contribution is -0.110. The fourth-order valence-corrected chi connectivity index (χ4v) is 1.09. The zero-order valence-electron chi connectivity index (χ0n) is 5.63. The third kappa shape index (κ3) is 0.741. The molecular formula is C8H5NO2. The van der Waals surface area contributed by atoms with Crippen LogP contribution in [-0.2, 0) is 4.79 Å². The van der Waals surface area contributed by atoms with Gasteiger partial charge in [0, 0.05) is 11.9 Å². The topological polar surface area (TPSA) is 49.9 Å². The Morgan fingerprint density at radius 3 is 2.82 bits per heavy atom. The largest absolute Gasteiger partial charge is 0.361 e. The minimum absolute atomic E-state index is 0.427. The second-order valence-electron chi connectivity index (χ2n) is 2.33. The van der Waals surface area contributed by atoms with E-state index in [-0.39, 0.29) is 0 Å². The summed E-state index contributed by atoms with van der Waals surface area (Å²) >= 11 is 0. The smallest absolute Gasteiger partial charge is 0.235 e. The number of aromatic nitrogens is 1. The van der Waals surface area contributed by atoms with Crippen LogP contribution in [0.4, 0.5) is 0 Å². The number of allylic oxidation sites excluding steroid dienone is 1. The van der Waals surface area contributed by atoms with Crippen molar-refractivity contribution in [1.29, 1.82) is 0 Å². The van der Waals surface area contributed by atoms with E-state index in [2.05, 4.69) is 4.98 Å². The zero-order valence-corrected chi connectivity index (χ0v) is 5.63. The van der Waals surface area contributed by atoms with Crippen LogP contribution in [0, 0.1) is 0 Å². The van der Waals surface area contributed by atoms with Crippen LogP contribution in [0.2, 0.25) is 0 Å². The Morgan fingerprint density at radius 1 is 1.18 bits per heavy atom. The molecule has 1 aliphatic rings. The summed E-state index contributed by atoms with van der Waals surface area (Å²) in [6.07, 6.45) is 4.53. The van der Waals surface area contributed by atoms with Gasteiger partial charge in [0.05, 0.1) is 5.56 Å². The second-order valence-corrected chi connectivity index (χ2v) is 2.33. The molecule has 0 amide bonds. The van der Waals surface area contributed by atoms with Crippen LogP contribution in [0.1, 0.15) is 16.1 Å². The highest BCUT2D eigenvalue weighted by Crippen LogP contribution is 2.14. The zero-order chi connectivity index (χ0) is 7.84. The third-order valence-corrected chi connectivity index (χ3v) is 1.65. The molecule has 0 bridgehead atoms. The number of hydrogen-bond donors (Lipinski definition) is 1. The number of carbonyl (C=O) groups excluding carboxylic acids is 2. The van der Waals surface area contributed by atoms with E-state index >= 15 is 0 Å². The summed E-state index contributed by atoms with van der Waals surface area (Å²) in [5, 5.41) is 0. The third-order valence-electron chi connectivity index (χ3n) is 1.65. The van der Waals surface area contributed by atoms with E-state index in [9.17, 15) is 9.59 Å². The average molecular weight is 147 g/mol. The van der Waals surface area contributed by atoms with Crippen molar-refractivity contribution in [2.75, 3.05) is 0 Å². The van der Waals surface area contributed by atoms with Gasteiger partial charge < -0.3 is 4.98 Å². The molecule has 0 radical (unpaired) electrons. The molecule has 0 fully saturated rings. The Hall–Kier alpha value is -1.64. The molecule has 0 atom stereocenters. The molecule has 0 aromatic carbocycles. The Bertz CT molecular complexity index is 360. The molecule has 1 aliphatic carbocycles. The molecule has 0 saturated carbocycles. The number of carbonyl (C=O) groups is 2. The monoisotopic (exact) mass is 147 g/mol. The van der Waals surface area contributed by atoms with Crippen LogP contribution in [0.5, 0.6) is 0 Å². The lowest BCUT2D eigenvalue weighted by Gasteiger charge is -2.00. The van der Waals surface area contributed by atoms with Crippen molar-refractivity contribution in [2.24, 2.45) is 0 Å². The van der Waals surface area contributed by atoms with Gasteiger partial charge in [-0.05, 0) is 18.2 Å². The first-order chi connectivity index (χ1) is 5.29. The molecule has 0 saturated heterocycles. The highest BCUT2D eigenvalue weighted by atomic mass is 16.2. The van der Waals surface area contributed by atoms with E-state index in [0.29, 0.717) is 5.56 Å².